The third-order valence-corrected chi connectivity index (χ3v) is 3.85. The SMILES string of the molecule is CC(C)CNCc1ccc(OC2CCCC(C)C2)cn1. The molecule has 2 rings (SSSR count). The van der Waals surface area contributed by atoms with Crippen molar-refractivity contribution in [3.63, 3.8) is 0 Å². The Morgan fingerprint density at radius 3 is 2.85 bits per heavy atom. The molecule has 1 aliphatic rings. The van der Waals surface area contributed by atoms with Gasteiger partial charge in [-0.3, -0.25) is 4.98 Å². The Kier molecular flexibility index (Phi) is 5.84. The molecule has 0 spiro atoms. The Balaban J connectivity index is 1.79. The Morgan fingerprint density at radius 2 is 2.20 bits per heavy atom. The molecule has 2 unspecified atom stereocenters. The maximum atomic E-state index is 6.04. The van der Waals surface area contributed by atoms with Gasteiger partial charge in [0.25, 0.3) is 0 Å². The molecule has 3 heteroatoms. The van der Waals surface area contributed by atoms with Crippen molar-refractivity contribution >= 4 is 0 Å². The molecular weight excluding hydrogens is 248 g/mol. The third-order valence-electron chi connectivity index (χ3n) is 3.85. The quantitative estimate of drug-likeness (QED) is 0.858. The molecule has 1 aromatic heterocycles. The zero-order valence-electron chi connectivity index (χ0n) is 13.1. The van der Waals surface area contributed by atoms with Gasteiger partial charge in [0.2, 0.25) is 0 Å². The van der Waals surface area contributed by atoms with Gasteiger partial charge >= 0.3 is 0 Å². The second-order valence-corrected chi connectivity index (χ2v) is 6.52. The average molecular weight is 276 g/mol. The predicted molar refractivity (Wildman–Crippen MR) is 82.8 cm³/mol. The van der Waals surface area contributed by atoms with Gasteiger partial charge in [-0.1, -0.05) is 27.2 Å². The van der Waals surface area contributed by atoms with E-state index in [2.05, 4.69) is 43.2 Å². The highest BCUT2D eigenvalue weighted by molar-refractivity contribution is 5.20. The van der Waals surface area contributed by atoms with Crippen molar-refractivity contribution in [2.75, 3.05) is 6.54 Å². The maximum Gasteiger partial charge on any atom is 0.138 e. The van der Waals surface area contributed by atoms with Crippen molar-refractivity contribution in [1.29, 1.82) is 0 Å². The molecule has 1 heterocycles. The molecule has 0 bridgehead atoms. The Morgan fingerprint density at radius 1 is 1.35 bits per heavy atom. The van der Waals surface area contributed by atoms with E-state index in [4.69, 9.17) is 4.74 Å². The zero-order chi connectivity index (χ0) is 14.4. The van der Waals surface area contributed by atoms with E-state index < -0.39 is 0 Å². The summed E-state index contributed by atoms with van der Waals surface area (Å²) < 4.78 is 6.04. The molecule has 0 radical (unpaired) electrons. The van der Waals surface area contributed by atoms with Crippen LogP contribution >= 0.6 is 0 Å². The summed E-state index contributed by atoms with van der Waals surface area (Å²) >= 11 is 0. The highest BCUT2D eigenvalue weighted by atomic mass is 16.5. The Bertz CT molecular complexity index is 388. The van der Waals surface area contributed by atoms with E-state index >= 15 is 0 Å². The number of nitrogens with one attached hydrogen (secondary N) is 1. The lowest BCUT2D eigenvalue weighted by Crippen LogP contribution is -2.24. The number of rotatable bonds is 6. The second kappa shape index (κ2) is 7.63. The second-order valence-electron chi connectivity index (χ2n) is 6.52. The van der Waals surface area contributed by atoms with Crippen molar-refractivity contribution in [2.24, 2.45) is 11.8 Å². The fourth-order valence-electron chi connectivity index (χ4n) is 2.75. The van der Waals surface area contributed by atoms with Gasteiger partial charge in [0, 0.05) is 6.54 Å². The summed E-state index contributed by atoms with van der Waals surface area (Å²) in [6.07, 6.45) is 7.24. The molecule has 0 amide bonds. The summed E-state index contributed by atoms with van der Waals surface area (Å²) in [5.74, 6) is 2.38. The fourth-order valence-corrected chi connectivity index (χ4v) is 2.75. The minimum atomic E-state index is 0.380. The summed E-state index contributed by atoms with van der Waals surface area (Å²) in [6, 6.07) is 4.12. The van der Waals surface area contributed by atoms with Gasteiger partial charge in [0.15, 0.2) is 0 Å². The highest BCUT2D eigenvalue weighted by Crippen LogP contribution is 2.27. The van der Waals surface area contributed by atoms with Crippen LogP contribution in [-0.2, 0) is 6.54 Å². The van der Waals surface area contributed by atoms with E-state index in [0.717, 1.165) is 30.5 Å². The lowest BCUT2D eigenvalue weighted by atomic mass is 9.89. The van der Waals surface area contributed by atoms with Crippen LogP contribution in [0.2, 0.25) is 0 Å². The molecule has 1 N–H and O–H groups in total. The fraction of sp³-hybridized carbons (Fsp3) is 0.706. The molecule has 1 aromatic rings. The number of hydrogen-bond acceptors (Lipinski definition) is 3. The molecule has 1 saturated carbocycles. The van der Waals surface area contributed by atoms with Crippen LogP contribution < -0.4 is 10.1 Å². The van der Waals surface area contributed by atoms with E-state index in [1.165, 1.54) is 25.7 Å². The first-order chi connectivity index (χ1) is 9.63. The molecule has 0 aromatic carbocycles. The molecule has 112 valence electrons. The van der Waals surface area contributed by atoms with Crippen LogP contribution in [0.5, 0.6) is 5.75 Å². The average Bonchev–Trinajstić information content (AvgIpc) is 2.40. The summed E-state index contributed by atoms with van der Waals surface area (Å²) in [6.45, 7) is 8.60. The van der Waals surface area contributed by atoms with Crippen molar-refractivity contribution < 1.29 is 4.74 Å². The van der Waals surface area contributed by atoms with Gasteiger partial charge in [-0.05, 0) is 49.8 Å². The number of aromatic nitrogens is 1. The summed E-state index contributed by atoms with van der Waals surface area (Å²) in [7, 11) is 0. The molecule has 0 aliphatic heterocycles. The first kappa shape index (κ1) is 15.3. The predicted octanol–water partition coefficient (Wildman–Crippen LogP) is 3.78. The summed E-state index contributed by atoms with van der Waals surface area (Å²) in [5.41, 5.74) is 1.08. The molecule has 3 nitrogen and oxygen atoms in total. The zero-order valence-corrected chi connectivity index (χ0v) is 13.1. The molecular formula is C17H28N2O. The highest BCUT2D eigenvalue weighted by Gasteiger charge is 2.20. The Labute approximate surface area is 123 Å². The van der Waals surface area contributed by atoms with E-state index in [9.17, 15) is 0 Å². The van der Waals surface area contributed by atoms with E-state index in [0.29, 0.717) is 12.0 Å². The first-order valence-electron chi connectivity index (χ1n) is 7.95. The standard InChI is InChI=1S/C17H28N2O/c1-13(2)10-18-11-15-7-8-17(12-19-15)20-16-6-4-5-14(3)9-16/h7-8,12-14,16,18H,4-6,9-11H2,1-3H3. The smallest absolute Gasteiger partial charge is 0.138 e. The Hall–Kier alpha value is -1.09. The van der Waals surface area contributed by atoms with Crippen LogP contribution in [0.25, 0.3) is 0 Å². The van der Waals surface area contributed by atoms with Crippen molar-refractivity contribution in [1.82, 2.24) is 10.3 Å². The van der Waals surface area contributed by atoms with Crippen molar-refractivity contribution in [3.05, 3.63) is 24.0 Å². The number of hydrogen-bond donors (Lipinski definition) is 1. The van der Waals surface area contributed by atoms with Gasteiger partial charge in [0.1, 0.15) is 5.75 Å². The minimum absolute atomic E-state index is 0.380. The van der Waals surface area contributed by atoms with E-state index in [1.54, 1.807) is 0 Å². The topological polar surface area (TPSA) is 34.1 Å². The molecule has 1 aliphatic carbocycles. The minimum Gasteiger partial charge on any atom is -0.489 e. The number of nitrogens with zero attached hydrogens (tertiary/aromatic N) is 1. The molecule has 2 atom stereocenters. The molecule has 1 fully saturated rings. The van der Waals surface area contributed by atoms with Gasteiger partial charge in [0.05, 0.1) is 18.0 Å². The largest absolute Gasteiger partial charge is 0.489 e. The monoisotopic (exact) mass is 276 g/mol. The van der Waals surface area contributed by atoms with E-state index in [-0.39, 0.29) is 0 Å². The van der Waals surface area contributed by atoms with Crippen LogP contribution in [-0.4, -0.2) is 17.6 Å². The van der Waals surface area contributed by atoms with E-state index in [1.807, 2.05) is 6.20 Å². The van der Waals surface area contributed by atoms with Gasteiger partial charge in [-0.25, -0.2) is 0 Å². The third kappa shape index (κ3) is 5.12. The van der Waals surface area contributed by atoms with Crippen molar-refractivity contribution in [3.8, 4) is 5.75 Å². The van der Waals surface area contributed by atoms with Crippen molar-refractivity contribution in [2.45, 2.75) is 59.1 Å². The van der Waals surface area contributed by atoms with Gasteiger partial charge in [-0.15, -0.1) is 0 Å². The molecule has 20 heavy (non-hydrogen) atoms. The summed E-state index contributed by atoms with van der Waals surface area (Å²) in [5, 5.41) is 3.40. The van der Waals surface area contributed by atoms with Crippen LogP contribution in [0, 0.1) is 11.8 Å². The lowest BCUT2D eigenvalue weighted by Gasteiger charge is -2.27. The van der Waals surface area contributed by atoms with Gasteiger partial charge < -0.3 is 10.1 Å². The van der Waals surface area contributed by atoms with Crippen LogP contribution in [0.1, 0.15) is 52.1 Å². The lowest BCUT2D eigenvalue weighted by molar-refractivity contribution is 0.128. The van der Waals surface area contributed by atoms with Crippen LogP contribution in [0.3, 0.4) is 0 Å². The maximum absolute atomic E-state index is 6.04. The van der Waals surface area contributed by atoms with Crippen LogP contribution in [0.4, 0.5) is 0 Å². The number of pyridine rings is 1. The normalized spacial score (nSPS) is 23.0. The van der Waals surface area contributed by atoms with Gasteiger partial charge in [-0.2, -0.15) is 0 Å². The molecule has 0 saturated heterocycles. The van der Waals surface area contributed by atoms with Crippen LogP contribution in [0.15, 0.2) is 18.3 Å². The first-order valence-corrected chi connectivity index (χ1v) is 7.95. The summed E-state index contributed by atoms with van der Waals surface area (Å²) in [4.78, 5) is 4.47. The number of ether oxygens (including phenoxy) is 1.